The number of benzene rings is 1. The maximum Gasteiger partial charge on any atom is 0.230 e. The number of aromatic amines is 1. The van der Waals surface area contributed by atoms with Gasteiger partial charge in [-0.05, 0) is 18.2 Å². The Morgan fingerprint density at radius 2 is 1.91 bits per heavy atom. The van der Waals surface area contributed by atoms with E-state index in [-0.39, 0.29) is 12.1 Å². The van der Waals surface area contributed by atoms with Crippen LogP contribution in [0.2, 0.25) is 0 Å². The van der Waals surface area contributed by atoms with Gasteiger partial charge in [-0.3, -0.25) is 0 Å². The largest absolute Gasteiger partial charge is 0.378 e. The lowest BCUT2D eigenvalue weighted by molar-refractivity contribution is 0.122. The predicted molar refractivity (Wildman–Crippen MR) is 118 cm³/mol. The first-order chi connectivity index (χ1) is 16.7. The summed E-state index contributed by atoms with van der Waals surface area (Å²) >= 11 is 0. The fourth-order valence-electron chi connectivity index (χ4n) is 3.85. The highest BCUT2D eigenvalue weighted by atomic mass is 19.2. The number of rotatable bonds is 5. The van der Waals surface area contributed by atoms with Gasteiger partial charge in [-0.25, -0.2) is 13.8 Å². The van der Waals surface area contributed by atoms with Crippen molar-refractivity contribution in [3.8, 4) is 11.1 Å². The van der Waals surface area contributed by atoms with Crippen LogP contribution in [0, 0.1) is 11.6 Å². The number of hydrogen-bond donors (Lipinski definition) is 2. The van der Waals surface area contributed by atoms with Crippen LogP contribution in [0.15, 0.2) is 36.8 Å². The molecule has 34 heavy (non-hydrogen) atoms. The molecule has 0 radical (unpaired) electrons. The van der Waals surface area contributed by atoms with Crippen LogP contribution in [0.25, 0.3) is 27.8 Å². The van der Waals surface area contributed by atoms with Crippen molar-refractivity contribution < 1.29 is 13.5 Å². The van der Waals surface area contributed by atoms with Gasteiger partial charge in [0.2, 0.25) is 11.9 Å². The van der Waals surface area contributed by atoms with Crippen LogP contribution in [0.3, 0.4) is 0 Å². The van der Waals surface area contributed by atoms with E-state index in [9.17, 15) is 8.78 Å². The Kier molecular flexibility index (Phi) is 4.95. The van der Waals surface area contributed by atoms with Crippen molar-refractivity contribution in [2.45, 2.75) is 6.54 Å². The highest BCUT2D eigenvalue weighted by Gasteiger charge is 2.20. The predicted octanol–water partition coefficient (Wildman–Crippen LogP) is 2.18. The second-order valence-electron chi connectivity index (χ2n) is 7.67. The Morgan fingerprint density at radius 3 is 2.74 bits per heavy atom. The summed E-state index contributed by atoms with van der Waals surface area (Å²) in [6.07, 6.45) is 4.93. The van der Waals surface area contributed by atoms with E-state index in [0.717, 1.165) is 17.2 Å². The summed E-state index contributed by atoms with van der Waals surface area (Å²) in [5.74, 6) is -0.556. The van der Waals surface area contributed by atoms with Gasteiger partial charge in [0.25, 0.3) is 0 Å². The van der Waals surface area contributed by atoms with Crippen molar-refractivity contribution in [1.82, 2.24) is 39.7 Å². The minimum absolute atomic E-state index is 0.0507. The molecule has 0 amide bonds. The van der Waals surface area contributed by atoms with E-state index in [1.807, 2.05) is 11.0 Å². The smallest absolute Gasteiger partial charge is 0.230 e. The quantitative estimate of drug-likeness (QED) is 0.403. The van der Waals surface area contributed by atoms with E-state index >= 15 is 0 Å². The molecule has 5 heterocycles. The lowest BCUT2D eigenvalue weighted by atomic mass is 10.2. The first-order valence-corrected chi connectivity index (χ1v) is 10.6. The molecule has 1 saturated heterocycles. The van der Waals surface area contributed by atoms with Crippen LogP contribution in [-0.4, -0.2) is 66.1 Å². The highest BCUT2D eigenvalue weighted by molar-refractivity contribution is 5.78. The van der Waals surface area contributed by atoms with Crippen LogP contribution < -0.4 is 10.2 Å². The van der Waals surface area contributed by atoms with Crippen molar-refractivity contribution >= 4 is 28.6 Å². The molecule has 2 N–H and O–H groups in total. The highest BCUT2D eigenvalue weighted by Crippen LogP contribution is 2.26. The maximum atomic E-state index is 14.1. The van der Waals surface area contributed by atoms with Gasteiger partial charge in [0, 0.05) is 24.2 Å². The average molecular weight is 464 g/mol. The number of halogens is 2. The third-order valence-electron chi connectivity index (χ3n) is 5.55. The molecular formula is C21H18F2N10O. The number of hydrogen-bond acceptors (Lipinski definition) is 9. The van der Waals surface area contributed by atoms with Gasteiger partial charge in [-0.15, -0.1) is 0 Å². The molecule has 0 bridgehead atoms. The monoisotopic (exact) mass is 464 g/mol. The van der Waals surface area contributed by atoms with Crippen molar-refractivity contribution in [1.29, 1.82) is 0 Å². The van der Waals surface area contributed by atoms with Gasteiger partial charge < -0.3 is 19.9 Å². The van der Waals surface area contributed by atoms with E-state index in [4.69, 9.17) is 9.72 Å². The molecule has 1 fully saturated rings. The molecule has 0 unspecified atom stereocenters. The number of aromatic nitrogens is 8. The van der Waals surface area contributed by atoms with Gasteiger partial charge >= 0.3 is 0 Å². The standard InChI is InChI=1S/C21H18F2N10O/c22-14-1-2-15-18(17(14)23)29-16(28-15)11-24-20-31-21(32-5-7-34-8-6-32)30-19-13(10-27-33(19)20)12-3-4-25-26-9-12/h1-4,9-10H,5-8,11H2,(H,28,29)(H,24,30,31). The van der Waals surface area contributed by atoms with Crippen LogP contribution in [0.1, 0.15) is 5.82 Å². The summed E-state index contributed by atoms with van der Waals surface area (Å²) in [6.45, 7) is 2.66. The molecular weight excluding hydrogens is 446 g/mol. The summed E-state index contributed by atoms with van der Waals surface area (Å²) in [6, 6.07) is 4.34. The first kappa shape index (κ1) is 20.4. The number of H-pyrrole nitrogens is 1. The molecule has 13 heteroatoms. The molecule has 5 aromatic rings. The second-order valence-corrected chi connectivity index (χ2v) is 7.67. The second kappa shape index (κ2) is 8.26. The maximum absolute atomic E-state index is 14.1. The van der Waals surface area contributed by atoms with E-state index in [1.54, 1.807) is 23.1 Å². The Labute approximate surface area is 190 Å². The third-order valence-corrected chi connectivity index (χ3v) is 5.55. The Morgan fingerprint density at radius 1 is 1.03 bits per heavy atom. The molecule has 0 atom stereocenters. The zero-order chi connectivity index (χ0) is 23.1. The van der Waals surface area contributed by atoms with Crippen LogP contribution in [0.4, 0.5) is 20.7 Å². The molecule has 172 valence electrons. The number of fused-ring (bicyclic) bond motifs is 2. The molecule has 1 aliphatic heterocycles. The normalized spacial score (nSPS) is 14.2. The number of nitrogens with one attached hydrogen (secondary N) is 2. The van der Waals surface area contributed by atoms with E-state index < -0.39 is 11.6 Å². The zero-order valence-corrected chi connectivity index (χ0v) is 17.7. The minimum atomic E-state index is -0.985. The summed E-state index contributed by atoms with van der Waals surface area (Å²) in [4.78, 5) is 18.7. The van der Waals surface area contributed by atoms with Crippen LogP contribution in [0.5, 0.6) is 0 Å². The molecule has 4 aromatic heterocycles. The lowest BCUT2D eigenvalue weighted by Gasteiger charge is -2.27. The van der Waals surface area contributed by atoms with Crippen LogP contribution in [-0.2, 0) is 11.3 Å². The summed E-state index contributed by atoms with van der Waals surface area (Å²) in [7, 11) is 0. The summed E-state index contributed by atoms with van der Waals surface area (Å²) in [5.41, 5.74) is 2.53. The molecule has 0 saturated carbocycles. The molecule has 1 aromatic carbocycles. The summed E-state index contributed by atoms with van der Waals surface area (Å²) in [5, 5.41) is 15.4. The Hall–Kier alpha value is -4.26. The number of nitrogens with zero attached hydrogens (tertiary/aromatic N) is 8. The van der Waals surface area contributed by atoms with Crippen molar-refractivity contribution in [3.63, 3.8) is 0 Å². The summed E-state index contributed by atoms with van der Waals surface area (Å²) < 4.78 is 34.7. The van der Waals surface area contributed by atoms with E-state index in [2.05, 4.69) is 35.6 Å². The van der Waals surface area contributed by atoms with Crippen LogP contribution >= 0.6 is 0 Å². The number of imidazole rings is 1. The topological polar surface area (TPSA) is 122 Å². The SMILES string of the molecule is Fc1ccc2[nH]c(CNc3nc(N4CCOCC4)nc4c(-c5ccnnc5)cnn34)nc2c1F. The number of morpholine rings is 1. The number of anilines is 2. The Balaban J connectivity index is 1.39. The molecule has 11 nitrogen and oxygen atoms in total. The molecule has 0 spiro atoms. The number of ether oxygens (including phenoxy) is 1. The average Bonchev–Trinajstić information content (AvgIpc) is 3.50. The van der Waals surface area contributed by atoms with Gasteiger partial charge in [0.15, 0.2) is 17.3 Å². The molecule has 6 rings (SSSR count). The fourth-order valence-corrected chi connectivity index (χ4v) is 3.85. The zero-order valence-electron chi connectivity index (χ0n) is 17.7. The third kappa shape index (κ3) is 3.55. The molecule has 1 aliphatic rings. The van der Waals surface area contributed by atoms with Gasteiger partial charge in [0.05, 0.1) is 43.9 Å². The van der Waals surface area contributed by atoms with Gasteiger partial charge in [0.1, 0.15) is 11.3 Å². The lowest BCUT2D eigenvalue weighted by Crippen LogP contribution is -2.37. The van der Waals surface area contributed by atoms with Crippen molar-refractivity contribution in [2.75, 3.05) is 36.5 Å². The van der Waals surface area contributed by atoms with Gasteiger partial charge in [-0.2, -0.15) is 29.8 Å². The minimum Gasteiger partial charge on any atom is -0.378 e. The van der Waals surface area contributed by atoms with Crippen molar-refractivity contribution in [3.05, 3.63) is 54.2 Å². The van der Waals surface area contributed by atoms with Crippen molar-refractivity contribution in [2.24, 2.45) is 0 Å². The molecule has 0 aliphatic carbocycles. The fraction of sp³-hybridized carbons (Fsp3) is 0.238. The van der Waals surface area contributed by atoms with Gasteiger partial charge in [-0.1, -0.05) is 0 Å². The Bertz CT molecular complexity index is 1480. The first-order valence-electron chi connectivity index (χ1n) is 10.6. The van der Waals surface area contributed by atoms with E-state index in [1.165, 1.54) is 6.07 Å². The van der Waals surface area contributed by atoms with E-state index in [0.29, 0.717) is 55.2 Å².